The highest BCUT2D eigenvalue weighted by atomic mass is 16.5. The van der Waals surface area contributed by atoms with Crippen LogP contribution in [0.4, 0.5) is 22.9 Å². The number of aromatic nitrogens is 1. The summed E-state index contributed by atoms with van der Waals surface area (Å²) in [4.78, 5) is 9.44. The van der Waals surface area contributed by atoms with Crippen molar-refractivity contribution >= 4 is 22.9 Å². The van der Waals surface area contributed by atoms with Crippen molar-refractivity contribution in [2.75, 3.05) is 66.4 Å². The molecule has 2 saturated heterocycles. The van der Waals surface area contributed by atoms with Gasteiger partial charge in [0.2, 0.25) is 0 Å². The standard InChI is InChI=1S/C24H35N5O/c1-19(2)17-26-20-5-7-22(8-6-20)29-11-3-4-21(18-29)27-24-16-23(9-10-25-24)28-12-14-30-15-13-28/h5-10,16,19,21,26H,3-4,11-15,17-18H2,1-2H3,(H,25,27)/t21-/m1/s1. The Morgan fingerprint density at radius 2 is 1.83 bits per heavy atom. The van der Waals surface area contributed by atoms with Gasteiger partial charge in [0.15, 0.2) is 0 Å². The molecule has 6 nitrogen and oxygen atoms in total. The molecule has 0 saturated carbocycles. The van der Waals surface area contributed by atoms with Crippen LogP contribution in [0.3, 0.4) is 0 Å². The number of nitrogens with one attached hydrogen (secondary N) is 2. The molecule has 4 rings (SSSR count). The van der Waals surface area contributed by atoms with E-state index < -0.39 is 0 Å². The molecule has 2 N–H and O–H groups in total. The Kier molecular flexibility index (Phi) is 6.95. The Hall–Kier alpha value is -2.47. The molecule has 1 atom stereocenters. The lowest BCUT2D eigenvalue weighted by Crippen LogP contribution is -2.42. The third kappa shape index (κ3) is 5.57. The molecular formula is C24H35N5O. The molecule has 1 aromatic heterocycles. The fourth-order valence-electron chi connectivity index (χ4n) is 4.17. The topological polar surface area (TPSA) is 52.7 Å². The number of hydrogen-bond donors (Lipinski definition) is 2. The number of rotatable bonds is 7. The van der Waals surface area contributed by atoms with E-state index in [1.807, 2.05) is 6.20 Å². The summed E-state index contributed by atoms with van der Waals surface area (Å²) in [5.41, 5.74) is 3.72. The second-order valence-electron chi connectivity index (χ2n) is 8.75. The Morgan fingerprint density at radius 3 is 2.60 bits per heavy atom. The van der Waals surface area contributed by atoms with Gasteiger partial charge in [-0.1, -0.05) is 13.8 Å². The number of hydrogen-bond acceptors (Lipinski definition) is 6. The molecule has 0 spiro atoms. The number of benzene rings is 1. The maximum atomic E-state index is 5.48. The first-order valence-corrected chi connectivity index (χ1v) is 11.3. The molecule has 30 heavy (non-hydrogen) atoms. The minimum Gasteiger partial charge on any atom is -0.385 e. The van der Waals surface area contributed by atoms with Gasteiger partial charge in [-0.2, -0.15) is 0 Å². The van der Waals surface area contributed by atoms with E-state index in [0.717, 1.165) is 51.8 Å². The average Bonchev–Trinajstić information content (AvgIpc) is 2.79. The highest BCUT2D eigenvalue weighted by Gasteiger charge is 2.21. The molecule has 162 valence electrons. The van der Waals surface area contributed by atoms with Gasteiger partial charge in [-0.15, -0.1) is 0 Å². The minimum atomic E-state index is 0.407. The van der Waals surface area contributed by atoms with Gasteiger partial charge < -0.3 is 25.2 Å². The molecule has 2 fully saturated rings. The van der Waals surface area contributed by atoms with Gasteiger partial charge >= 0.3 is 0 Å². The molecule has 0 bridgehead atoms. The van der Waals surface area contributed by atoms with E-state index in [1.165, 1.54) is 29.9 Å². The van der Waals surface area contributed by atoms with E-state index in [9.17, 15) is 0 Å². The van der Waals surface area contributed by atoms with Crippen molar-refractivity contribution < 1.29 is 4.74 Å². The zero-order valence-corrected chi connectivity index (χ0v) is 18.3. The second-order valence-corrected chi connectivity index (χ2v) is 8.75. The Labute approximate surface area is 180 Å². The quantitative estimate of drug-likeness (QED) is 0.719. The van der Waals surface area contributed by atoms with Crippen LogP contribution in [-0.2, 0) is 4.74 Å². The number of piperidine rings is 1. The van der Waals surface area contributed by atoms with Gasteiger partial charge in [-0.3, -0.25) is 0 Å². The third-order valence-electron chi connectivity index (χ3n) is 5.84. The molecule has 2 aliphatic heterocycles. The smallest absolute Gasteiger partial charge is 0.128 e. The maximum Gasteiger partial charge on any atom is 0.128 e. The first kappa shape index (κ1) is 20.8. The van der Waals surface area contributed by atoms with Gasteiger partial charge in [0, 0.05) is 68.1 Å². The van der Waals surface area contributed by atoms with Crippen molar-refractivity contribution in [3.8, 4) is 0 Å². The summed E-state index contributed by atoms with van der Waals surface area (Å²) >= 11 is 0. The summed E-state index contributed by atoms with van der Waals surface area (Å²) < 4.78 is 5.48. The van der Waals surface area contributed by atoms with Crippen LogP contribution in [0.25, 0.3) is 0 Å². The highest BCUT2D eigenvalue weighted by molar-refractivity contribution is 5.57. The molecule has 2 aromatic rings. The summed E-state index contributed by atoms with van der Waals surface area (Å²) in [5.74, 6) is 1.62. The van der Waals surface area contributed by atoms with Crippen LogP contribution in [0.5, 0.6) is 0 Å². The summed E-state index contributed by atoms with van der Waals surface area (Å²) in [6.07, 6.45) is 4.28. The first-order valence-electron chi connectivity index (χ1n) is 11.3. The van der Waals surface area contributed by atoms with E-state index >= 15 is 0 Å². The van der Waals surface area contributed by atoms with Crippen molar-refractivity contribution in [2.45, 2.75) is 32.7 Å². The lowest BCUT2D eigenvalue weighted by molar-refractivity contribution is 0.122. The molecular weight excluding hydrogens is 374 g/mol. The van der Waals surface area contributed by atoms with Gasteiger partial charge in [0.05, 0.1) is 13.2 Å². The van der Waals surface area contributed by atoms with Gasteiger partial charge in [0.25, 0.3) is 0 Å². The second kappa shape index (κ2) is 10.0. The number of morpholine rings is 1. The van der Waals surface area contributed by atoms with Gasteiger partial charge in [0.1, 0.15) is 5.82 Å². The van der Waals surface area contributed by atoms with E-state index in [-0.39, 0.29) is 0 Å². The Bertz CT molecular complexity index is 788. The van der Waals surface area contributed by atoms with E-state index in [4.69, 9.17) is 4.74 Å². The molecule has 0 unspecified atom stereocenters. The van der Waals surface area contributed by atoms with Gasteiger partial charge in [-0.05, 0) is 49.1 Å². The van der Waals surface area contributed by atoms with Crippen LogP contribution in [0.1, 0.15) is 26.7 Å². The van der Waals surface area contributed by atoms with E-state index in [1.54, 1.807) is 0 Å². The van der Waals surface area contributed by atoms with Crippen molar-refractivity contribution in [1.82, 2.24) is 4.98 Å². The van der Waals surface area contributed by atoms with Crippen LogP contribution in [-0.4, -0.2) is 57.0 Å². The van der Waals surface area contributed by atoms with Crippen LogP contribution in [0, 0.1) is 5.92 Å². The largest absolute Gasteiger partial charge is 0.385 e. The number of ether oxygens (including phenoxy) is 1. The predicted octanol–water partition coefficient (Wildman–Crippen LogP) is 4.07. The fourth-order valence-corrected chi connectivity index (χ4v) is 4.17. The lowest BCUT2D eigenvalue weighted by atomic mass is 10.0. The number of pyridine rings is 1. The number of anilines is 4. The Balaban J connectivity index is 1.35. The highest BCUT2D eigenvalue weighted by Crippen LogP contribution is 2.25. The molecule has 0 aliphatic carbocycles. The zero-order valence-electron chi connectivity index (χ0n) is 18.3. The molecule has 0 amide bonds. The van der Waals surface area contributed by atoms with Crippen molar-refractivity contribution in [3.05, 3.63) is 42.6 Å². The molecule has 2 aliphatic rings. The first-order chi connectivity index (χ1) is 14.7. The van der Waals surface area contributed by atoms with Crippen molar-refractivity contribution in [2.24, 2.45) is 5.92 Å². The fraction of sp³-hybridized carbons (Fsp3) is 0.542. The lowest BCUT2D eigenvalue weighted by Gasteiger charge is -2.35. The van der Waals surface area contributed by atoms with Crippen LogP contribution < -0.4 is 20.4 Å². The van der Waals surface area contributed by atoms with Crippen LogP contribution in [0.2, 0.25) is 0 Å². The number of nitrogens with zero attached hydrogens (tertiary/aromatic N) is 3. The predicted molar refractivity (Wildman–Crippen MR) is 126 cm³/mol. The third-order valence-corrected chi connectivity index (χ3v) is 5.84. The zero-order chi connectivity index (χ0) is 20.8. The average molecular weight is 410 g/mol. The summed E-state index contributed by atoms with van der Waals surface area (Å²) in [6, 6.07) is 13.6. The summed E-state index contributed by atoms with van der Waals surface area (Å²) in [7, 11) is 0. The molecule has 0 radical (unpaired) electrons. The summed E-state index contributed by atoms with van der Waals surface area (Å²) in [6.45, 7) is 11.1. The maximum absolute atomic E-state index is 5.48. The van der Waals surface area contributed by atoms with Gasteiger partial charge in [-0.25, -0.2) is 4.98 Å². The van der Waals surface area contributed by atoms with Crippen molar-refractivity contribution in [3.63, 3.8) is 0 Å². The SMILES string of the molecule is CC(C)CNc1ccc(N2CCC[C@@H](Nc3cc(N4CCOCC4)ccn3)C2)cc1. The van der Waals surface area contributed by atoms with Crippen molar-refractivity contribution in [1.29, 1.82) is 0 Å². The summed E-state index contributed by atoms with van der Waals surface area (Å²) in [5, 5.41) is 7.18. The molecule has 6 heteroatoms. The molecule has 3 heterocycles. The normalized spacial score (nSPS) is 19.8. The monoisotopic (exact) mass is 409 g/mol. The van der Waals surface area contributed by atoms with E-state index in [2.05, 4.69) is 75.7 Å². The molecule has 1 aromatic carbocycles. The minimum absolute atomic E-state index is 0.407. The Morgan fingerprint density at radius 1 is 1.03 bits per heavy atom. The van der Waals surface area contributed by atoms with E-state index in [0.29, 0.717) is 12.0 Å². The van der Waals surface area contributed by atoms with Crippen LogP contribution in [0.15, 0.2) is 42.6 Å². The van der Waals surface area contributed by atoms with Crippen LogP contribution >= 0.6 is 0 Å².